The lowest BCUT2D eigenvalue weighted by Gasteiger charge is -2.16. The zero-order valence-corrected chi connectivity index (χ0v) is 18.5. The van der Waals surface area contributed by atoms with E-state index >= 15 is 0 Å². The summed E-state index contributed by atoms with van der Waals surface area (Å²) in [4.78, 5) is 11.5. The van der Waals surface area contributed by atoms with Crippen LogP contribution in [-0.2, 0) is 14.2 Å². The van der Waals surface area contributed by atoms with Crippen LogP contribution in [0.4, 0.5) is 0 Å². The molecule has 0 aromatic heterocycles. The summed E-state index contributed by atoms with van der Waals surface area (Å²) in [5.41, 5.74) is 5.61. The molecule has 0 radical (unpaired) electrons. The molecule has 1 atom stereocenters. The Labute approximate surface area is 189 Å². The molecule has 1 unspecified atom stereocenters. The number of carbonyl (C=O) groups is 1. The van der Waals surface area contributed by atoms with Gasteiger partial charge >= 0.3 is 5.97 Å². The number of hydrogen-bond donors (Lipinski definition) is 0. The molecule has 3 rings (SSSR count). The highest BCUT2D eigenvalue weighted by Gasteiger charge is 2.10. The van der Waals surface area contributed by atoms with Crippen molar-refractivity contribution in [2.45, 2.75) is 13.2 Å². The van der Waals surface area contributed by atoms with Crippen molar-refractivity contribution in [2.75, 3.05) is 20.8 Å². The molecule has 0 bridgehead atoms. The zero-order valence-electron chi connectivity index (χ0n) is 18.5. The van der Waals surface area contributed by atoms with Crippen LogP contribution in [0.3, 0.4) is 0 Å². The maximum atomic E-state index is 11.5. The van der Waals surface area contributed by atoms with Crippen molar-refractivity contribution in [3.8, 4) is 23.0 Å². The van der Waals surface area contributed by atoms with Gasteiger partial charge in [-0.2, -0.15) is 0 Å². The molecule has 0 aliphatic heterocycles. The Morgan fingerprint density at radius 2 is 1.69 bits per heavy atom. The maximum Gasteiger partial charge on any atom is 0.337 e. The molecule has 0 aliphatic carbocycles. The fourth-order valence-electron chi connectivity index (χ4n) is 3.24. The molecule has 0 spiro atoms. The van der Waals surface area contributed by atoms with E-state index in [9.17, 15) is 4.79 Å². The van der Waals surface area contributed by atoms with Gasteiger partial charge in [-0.1, -0.05) is 60.4 Å². The smallest absolute Gasteiger partial charge is 0.337 e. The van der Waals surface area contributed by atoms with Crippen molar-refractivity contribution in [3.05, 3.63) is 101 Å². The summed E-state index contributed by atoms with van der Waals surface area (Å²) >= 11 is 0. The minimum absolute atomic E-state index is 0.357. The number of hydrogen-bond acceptors (Lipinski definition) is 4. The van der Waals surface area contributed by atoms with Gasteiger partial charge in [-0.15, -0.1) is 0 Å². The number of methoxy groups -OCH3 is 2. The van der Waals surface area contributed by atoms with Crippen molar-refractivity contribution in [3.63, 3.8) is 0 Å². The fourth-order valence-corrected chi connectivity index (χ4v) is 3.24. The Bertz CT molecular complexity index is 1120. The van der Waals surface area contributed by atoms with Gasteiger partial charge in [-0.25, -0.2) is 4.79 Å². The number of carbonyl (C=O) groups excluding carboxylic acids is 1. The summed E-state index contributed by atoms with van der Waals surface area (Å²) in [6, 6.07) is 23.4. The standard InChI is InChI=1S/C28H26O4/c1-4-32-28(31-3)25-19-17-23(18-20-25)26-12-8-7-11-22(26)10-6-5-9-21-13-15-24(16-14-21)27(29)30-2/h6-8,10-20,28H,4H2,1-3H3/b10-6+. The average Bonchev–Trinajstić information content (AvgIpc) is 2.85. The Balaban J connectivity index is 1.75. The summed E-state index contributed by atoms with van der Waals surface area (Å²) in [6.45, 7) is 2.54. The topological polar surface area (TPSA) is 44.8 Å². The number of ether oxygens (including phenoxy) is 3. The van der Waals surface area contributed by atoms with Gasteiger partial charge in [0.25, 0.3) is 0 Å². The molecule has 3 aromatic carbocycles. The summed E-state index contributed by atoms with van der Waals surface area (Å²) in [5.74, 6) is 5.78. The van der Waals surface area contributed by atoms with Crippen LogP contribution < -0.4 is 0 Å². The third-order valence-electron chi connectivity index (χ3n) is 4.86. The van der Waals surface area contributed by atoms with Crippen molar-refractivity contribution in [2.24, 2.45) is 0 Å². The first-order chi connectivity index (χ1) is 15.7. The molecule has 4 heteroatoms. The molecule has 0 fully saturated rings. The normalized spacial score (nSPS) is 11.6. The highest BCUT2D eigenvalue weighted by Crippen LogP contribution is 2.27. The third kappa shape index (κ3) is 5.95. The van der Waals surface area contributed by atoms with Gasteiger partial charge in [0.1, 0.15) is 0 Å². The molecule has 0 saturated heterocycles. The van der Waals surface area contributed by atoms with Gasteiger partial charge in [0, 0.05) is 24.8 Å². The van der Waals surface area contributed by atoms with Crippen LogP contribution in [0.15, 0.2) is 78.9 Å². The van der Waals surface area contributed by atoms with Gasteiger partial charge in [0.05, 0.1) is 12.7 Å². The molecule has 0 amide bonds. The molecule has 0 heterocycles. The average molecular weight is 427 g/mol. The summed E-state index contributed by atoms with van der Waals surface area (Å²) in [6.07, 6.45) is 3.47. The number of rotatable bonds is 7. The highest BCUT2D eigenvalue weighted by atomic mass is 16.7. The number of allylic oxidation sites excluding steroid dienone is 1. The summed E-state index contributed by atoms with van der Waals surface area (Å²) in [7, 11) is 3.01. The van der Waals surface area contributed by atoms with Gasteiger partial charge in [0.2, 0.25) is 0 Å². The van der Waals surface area contributed by atoms with E-state index in [4.69, 9.17) is 14.2 Å². The molecule has 0 saturated carbocycles. The molecular formula is C28H26O4. The Morgan fingerprint density at radius 1 is 0.969 bits per heavy atom. The lowest BCUT2D eigenvalue weighted by atomic mass is 9.98. The van der Waals surface area contributed by atoms with Crippen molar-refractivity contribution >= 4 is 12.0 Å². The van der Waals surface area contributed by atoms with Crippen LogP contribution in [0.1, 0.15) is 40.3 Å². The Kier molecular flexibility index (Phi) is 8.39. The molecule has 3 aromatic rings. The SMILES string of the molecule is CCOC(OC)c1ccc(-c2ccccc2/C=C/C#Cc2ccc(C(=O)OC)cc2)cc1. The van der Waals surface area contributed by atoms with Crippen LogP contribution in [0.2, 0.25) is 0 Å². The van der Waals surface area contributed by atoms with Gasteiger partial charge in [0.15, 0.2) is 6.29 Å². The predicted octanol–water partition coefficient (Wildman–Crippen LogP) is 5.89. The highest BCUT2D eigenvalue weighted by molar-refractivity contribution is 5.89. The van der Waals surface area contributed by atoms with Crippen LogP contribution in [0.5, 0.6) is 0 Å². The largest absolute Gasteiger partial charge is 0.465 e. The van der Waals surface area contributed by atoms with Crippen LogP contribution in [0, 0.1) is 11.8 Å². The van der Waals surface area contributed by atoms with E-state index < -0.39 is 0 Å². The Hall–Kier alpha value is -3.65. The van der Waals surface area contributed by atoms with E-state index in [1.807, 2.05) is 43.3 Å². The monoisotopic (exact) mass is 426 g/mol. The van der Waals surface area contributed by atoms with Crippen LogP contribution in [-0.4, -0.2) is 26.8 Å². The molecule has 32 heavy (non-hydrogen) atoms. The molecule has 4 nitrogen and oxygen atoms in total. The molecule has 0 aliphatic rings. The van der Waals surface area contributed by atoms with Crippen molar-refractivity contribution in [1.82, 2.24) is 0 Å². The van der Waals surface area contributed by atoms with Crippen molar-refractivity contribution in [1.29, 1.82) is 0 Å². The second-order valence-corrected chi connectivity index (χ2v) is 6.90. The summed E-state index contributed by atoms with van der Waals surface area (Å²) < 4.78 is 15.7. The lowest BCUT2D eigenvalue weighted by molar-refractivity contribution is -0.124. The quantitative estimate of drug-likeness (QED) is 0.269. The second-order valence-electron chi connectivity index (χ2n) is 6.90. The number of esters is 1. The summed E-state index contributed by atoms with van der Waals surface area (Å²) in [5, 5.41) is 0. The lowest BCUT2D eigenvalue weighted by Crippen LogP contribution is -2.06. The fraction of sp³-hybridized carbons (Fsp3) is 0.179. The number of benzene rings is 3. The first-order valence-corrected chi connectivity index (χ1v) is 10.4. The Morgan fingerprint density at radius 3 is 2.34 bits per heavy atom. The van der Waals surface area contributed by atoms with Crippen LogP contribution in [0.25, 0.3) is 17.2 Å². The first kappa shape index (κ1) is 23.0. The van der Waals surface area contributed by atoms with E-state index in [0.29, 0.717) is 12.2 Å². The maximum absolute atomic E-state index is 11.5. The third-order valence-corrected chi connectivity index (χ3v) is 4.86. The first-order valence-electron chi connectivity index (χ1n) is 10.4. The van der Waals surface area contributed by atoms with E-state index in [-0.39, 0.29) is 12.3 Å². The minimum atomic E-state index is -0.360. The van der Waals surface area contributed by atoms with Gasteiger partial charge in [-0.05, 0) is 60.0 Å². The zero-order chi connectivity index (χ0) is 22.8. The van der Waals surface area contributed by atoms with E-state index in [1.54, 1.807) is 31.4 Å². The molecular weight excluding hydrogens is 400 g/mol. The van der Waals surface area contributed by atoms with Crippen LogP contribution >= 0.6 is 0 Å². The van der Waals surface area contributed by atoms with E-state index in [0.717, 1.165) is 27.8 Å². The van der Waals surface area contributed by atoms with Crippen molar-refractivity contribution < 1.29 is 19.0 Å². The molecule has 162 valence electrons. The second kappa shape index (κ2) is 11.7. The van der Waals surface area contributed by atoms with Gasteiger partial charge in [-0.3, -0.25) is 0 Å². The minimum Gasteiger partial charge on any atom is -0.465 e. The molecule has 0 N–H and O–H groups in total. The van der Waals surface area contributed by atoms with Gasteiger partial charge < -0.3 is 14.2 Å². The van der Waals surface area contributed by atoms with E-state index in [2.05, 4.69) is 36.1 Å². The predicted molar refractivity (Wildman–Crippen MR) is 127 cm³/mol. The van der Waals surface area contributed by atoms with E-state index in [1.165, 1.54) is 7.11 Å².